The molecule has 0 atom stereocenters. The zero-order valence-corrected chi connectivity index (χ0v) is 9.60. The van der Waals surface area contributed by atoms with Gasteiger partial charge in [0.25, 0.3) is 5.91 Å². The predicted molar refractivity (Wildman–Crippen MR) is 60.5 cm³/mol. The van der Waals surface area contributed by atoms with E-state index in [1.54, 1.807) is 6.07 Å². The highest BCUT2D eigenvalue weighted by atomic mass is 16.3. The van der Waals surface area contributed by atoms with Crippen LogP contribution in [0.3, 0.4) is 0 Å². The minimum absolute atomic E-state index is 0.145. The van der Waals surface area contributed by atoms with Gasteiger partial charge in [-0.2, -0.15) is 0 Å². The number of carbonyl (C=O) groups excluding carboxylic acids is 2. The van der Waals surface area contributed by atoms with Crippen LogP contribution in [0.25, 0.3) is 0 Å². The summed E-state index contributed by atoms with van der Waals surface area (Å²) in [7, 11) is 1.86. The van der Waals surface area contributed by atoms with Crippen molar-refractivity contribution in [1.82, 2.24) is 15.5 Å². The van der Waals surface area contributed by atoms with Crippen molar-refractivity contribution < 1.29 is 14.0 Å². The van der Waals surface area contributed by atoms with Gasteiger partial charge in [0.2, 0.25) is 5.91 Å². The molecule has 1 fully saturated rings. The van der Waals surface area contributed by atoms with Crippen LogP contribution in [0.15, 0.2) is 22.8 Å². The number of hydrogen-bond donors (Lipinski definition) is 2. The molecule has 0 saturated carbocycles. The maximum absolute atomic E-state index is 11.6. The smallest absolute Gasteiger partial charge is 0.293 e. The zero-order chi connectivity index (χ0) is 12.3. The molecular weight excluding hydrogens is 222 g/mol. The number of rotatable bonds is 4. The fourth-order valence-corrected chi connectivity index (χ4v) is 1.58. The number of nitrogens with zero attached hydrogens (tertiary/aromatic N) is 1. The van der Waals surface area contributed by atoms with E-state index in [2.05, 4.69) is 10.6 Å². The molecule has 0 radical (unpaired) electrons. The predicted octanol–water partition coefficient (Wildman–Crippen LogP) is -0.560. The molecule has 1 saturated heterocycles. The van der Waals surface area contributed by atoms with Crippen LogP contribution in [0.1, 0.15) is 10.6 Å². The molecule has 1 aliphatic rings. The zero-order valence-electron chi connectivity index (χ0n) is 9.60. The summed E-state index contributed by atoms with van der Waals surface area (Å²) in [5.74, 6) is -0.674. The molecule has 2 N–H and O–H groups in total. The molecule has 2 amide bonds. The summed E-state index contributed by atoms with van der Waals surface area (Å²) in [6, 6.07) is 3.49. The first-order valence-electron chi connectivity index (χ1n) is 5.45. The number of nitrogens with one attached hydrogen (secondary N) is 2. The Kier molecular flexibility index (Phi) is 3.55. The molecule has 17 heavy (non-hydrogen) atoms. The van der Waals surface area contributed by atoms with E-state index in [4.69, 9.17) is 4.42 Å². The summed E-state index contributed by atoms with van der Waals surface area (Å²) in [6.45, 7) is 1.98. The minimum atomic E-state index is -0.500. The first kappa shape index (κ1) is 11.8. The summed E-state index contributed by atoms with van der Waals surface area (Å²) in [5, 5.41) is 5.41. The Labute approximate surface area is 99.0 Å². The van der Waals surface area contributed by atoms with Crippen molar-refractivity contribution in [2.24, 2.45) is 0 Å². The van der Waals surface area contributed by atoms with E-state index < -0.39 is 5.91 Å². The summed E-state index contributed by atoms with van der Waals surface area (Å²) < 4.78 is 4.89. The van der Waals surface area contributed by atoms with Crippen LogP contribution in [0.2, 0.25) is 0 Å². The Bertz CT molecular complexity index is 398. The molecule has 6 heteroatoms. The Morgan fingerprint density at radius 1 is 1.59 bits per heavy atom. The number of likely N-dealkylation sites (N-methyl/N-ethyl adjacent to an activating group) is 1. The lowest BCUT2D eigenvalue weighted by Crippen LogP contribution is -2.57. The van der Waals surface area contributed by atoms with Gasteiger partial charge in [-0.15, -0.1) is 0 Å². The Balaban J connectivity index is 1.78. The SMILES string of the molecule is CN(CC(=O)NC(=O)c1ccco1)C1CNC1. The molecule has 1 aromatic heterocycles. The van der Waals surface area contributed by atoms with Gasteiger partial charge in [-0.3, -0.25) is 19.8 Å². The third-order valence-electron chi connectivity index (χ3n) is 2.77. The molecular formula is C11H15N3O3. The van der Waals surface area contributed by atoms with Crippen LogP contribution in [0.5, 0.6) is 0 Å². The van der Waals surface area contributed by atoms with Gasteiger partial charge in [0.15, 0.2) is 5.76 Å². The quantitative estimate of drug-likeness (QED) is 0.734. The van der Waals surface area contributed by atoms with Gasteiger partial charge in [-0.05, 0) is 19.2 Å². The highest BCUT2D eigenvalue weighted by Crippen LogP contribution is 2.02. The van der Waals surface area contributed by atoms with Gasteiger partial charge >= 0.3 is 0 Å². The first-order valence-corrected chi connectivity index (χ1v) is 5.45. The molecule has 0 aliphatic carbocycles. The molecule has 92 valence electrons. The summed E-state index contributed by atoms with van der Waals surface area (Å²) in [5.41, 5.74) is 0. The fraction of sp³-hybridized carbons (Fsp3) is 0.455. The number of amides is 2. The molecule has 1 aromatic rings. The first-order chi connectivity index (χ1) is 8.16. The Morgan fingerprint density at radius 2 is 2.35 bits per heavy atom. The van der Waals surface area contributed by atoms with Crippen molar-refractivity contribution in [2.75, 3.05) is 26.7 Å². The van der Waals surface area contributed by atoms with Crippen molar-refractivity contribution in [3.63, 3.8) is 0 Å². The maximum Gasteiger partial charge on any atom is 0.293 e. The second-order valence-electron chi connectivity index (χ2n) is 4.08. The summed E-state index contributed by atoms with van der Waals surface area (Å²) in [4.78, 5) is 25.0. The van der Waals surface area contributed by atoms with E-state index >= 15 is 0 Å². The average Bonchev–Trinajstić information content (AvgIpc) is 2.66. The topological polar surface area (TPSA) is 74.6 Å². The fourth-order valence-electron chi connectivity index (χ4n) is 1.58. The summed E-state index contributed by atoms with van der Waals surface area (Å²) >= 11 is 0. The lowest BCUT2D eigenvalue weighted by molar-refractivity contribution is -0.121. The van der Waals surface area contributed by atoms with Crippen LogP contribution in [-0.4, -0.2) is 49.4 Å². The average molecular weight is 237 g/mol. The van der Waals surface area contributed by atoms with Gasteiger partial charge in [0, 0.05) is 19.1 Å². The third-order valence-corrected chi connectivity index (χ3v) is 2.77. The van der Waals surface area contributed by atoms with E-state index in [9.17, 15) is 9.59 Å². The third kappa shape index (κ3) is 2.92. The monoisotopic (exact) mass is 237 g/mol. The van der Waals surface area contributed by atoms with Crippen LogP contribution in [-0.2, 0) is 4.79 Å². The Hall–Kier alpha value is -1.66. The molecule has 2 heterocycles. The van der Waals surface area contributed by atoms with Crippen LogP contribution in [0.4, 0.5) is 0 Å². The second-order valence-corrected chi connectivity index (χ2v) is 4.08. The van der Waals surface area contributed by atoms with E-state index in [-0.39, 0.29) is 18.2 Å². The molecule has 0 aromatic carbocycles. The van der Waals surface area contributed by atoms with Crippen molar-refractivity contribution in [3.05, 3.63) is 24.2 Å². The van der Waals surface area contributed by atoms with Crippen LogP contribution >= 0.6 is 0 Å². The highest BCUT2D eigenvalue weighted by Gasteiger charge is 2.23. The second kappa shape index (κ2) is 5.11. The number of hydrogen-bond acceptors (Lipinski definition) is 5. The molecule has 1 aliphatic heterocycles. The van der Waals surface area contributed by atoms with E-state index in [0.29, 0.717) is 6.04 Å². The lowest BCUT2D eigenvalue weighted by atomic mass is 10.1. The van der Waals surface area contributed by atoms with Gasteiger partial charge in [0.05, 0.1) is 12.8 Å². The van der Waals surface area contributed by atoms with E-state index in [0.717, 1.165) is 13.1 Å². The maximum atomic E-state index is 11.6. The largest absolute Gasteiger partial charge is 0.459 e. The van der Waals surface area contributed by atoms with Gasteiger partial charge < -0.3 is 9.73 Å². The number of furan rings is 1. The van der Waals surface area contributed by atoms with Crippen molar-refractivity contribution in [2.45, 2.75) is 6.04 Å². The van der Waals surface area contributed by atoms with Crippen molar-refractivity contribution >= 4 is 11.8 Å². The standard InChI is InChI=1S/C11H15N3O3/c1-14(8-5-12-6-8)7-10(15)13-11(16)9-3-2-4-17-9/h2-4,8,12H,5-7H2,1H3,(H,13,15,16). The van der Waals surface area contributed by atoms with E-state index in [1.807, 2.05) is 11.9 Å². The molecule has 0 spiro atoms. The number of carbonyl (C=O) groups is 2. The van der Waals surface area contributed by atoms with Crippen LogP contribution < -0.4 is 10.6 Å². The van der Waals surface area contributed by atoms with Crippen LogP contribution in [0, 0.1) is 0 Å². The van der Waals surface area contributed by atoms with Gasteiger partial charge in [0.1, 0.15) is 0 Å². The molecule has 0 bridgehead atoms. The van der Waals surface area contributed by atoms with Gasteiger partial charge in [-0.25, -0.2) is 0 Å². The Morgan fingerprint density at radius 3 is 2.88 bits per heavy atom. The number of imide groups is 1. The molecule has 0 unspecified atom stereocenters. The highest BCUT2D eigenvalue weighted by molar-refractivity contribution is 6.03. The summed E-state index contributed by atoms with van der Waals surface area (Å²) in [6.07, 6.45) is 1.39. The van der Waals surface area contributed by atoms with Crippen molar-refractivity contribution in [3.8, 4) is 0 Å². The lowest BCUT2D eigenvalue weighted by Gasteiger charge is -2.35. The van der Waals surface area contributed by atoms with Gasteiger partial charge in [-0.1, -0.05) is 0 Å². The molecule has 6 nitrogen and oxygen atoms in total. The minimum Gasteiger partial charge on any atom is -0.459 e. The molecule has 2 rings (SSSR count). The van der Waals surface area contributed by atoms with E-state index in [1.165, 1.54) is 12.3 Å². The normalized spacial score (nSPS) is 15.6. The van der Waals surface area contributed by atoms with Crippen molar-refractivity contribution in [1.29, 1.82) is 0 Å².